The van der Waals surface area contributed by atoms with Gasteiger partial charge in [-0.15, -0.1) is 0 Å². The quantitative estimate of drug-likeness (QED) is 0.498. The molecule has 0 N–H and O–H groups in total. The molecule has 2 aromatic carbocycles. The highest BCUT2D eigenvalue weighted by Gasteiger charge is 2.19. The second-order valence-electron chi connectivity index (χ2n) is 7.08. The summed E-state index contributed by atoms with van der Waals surface area (Å²) >= 11 is 0. The summed E-state index contributed by atoms with van der Waals surface area (Å²) in [5.74, 6) is 0.423. The van der Waals surface area contributed by atoms with Gasteiger partial charge in [-0.05, 0) is 43.7 Å². The van der Waals surface area contributed by atoms with Crippen molar-refractivity contribution in [2.75, 3.05) is 19.1 Å². The molecule has 0 aliphatic rings. The first-order valence-corrected chi connectivity index (χ1v) is 9.19. The minimum absolute atomic E-state index is 0.0242. The zero-order chi connectivity index (χ0) is 20.7. The molecule has 2 aromatic heterocycles. The number of aryl methyl sites for hydroxylation is 2. The highest BCUT2D eigenvalue weighted by atomic mass is 16.5. The van der Waals surface area contributed by atoms with Gasteiger partial charge in [0.1, 0.15) is 23.3 Å². The van der Waals surface area contributed by atoms with E-state index in [9.17, 15) is 9.59 Å². The van der Waals surface area contributed by atoms with Crippen molar-refractivity contribution < 1.29 is 13.9 Å². The lowest BCUT2D eigenvalue weighted by atomic mass is 10.1. The minimum Gasteiger partial charge on any atom is -0.495 e. The third-order valence-corrected chi connectivity index (χ3v) is 5.01. The SMILES string of the molecule is COc1ccc(C)cc1N(C)C(=O)Cn1ncc2c(=O)oc3ccc(C)cc3c21. The van der Waals surface area contributed by atoms with Crippen LogP contribution in [0.3, 0.4) is 0 Å². The van der Waals surface area contributed by atoms with E-state index in [2.05, 4.69) is 5.10 Å². The van der Waals surface area contributed by atoms with Crippen LogP contribution < -0.4 is 15.3 Å². The average Bonchev–Trinajstić information content (AvgIpc) is 3.12. The Hall–Kier alpha value is -3.61. The van der Waals surface area contributed by atoms with E-state index >= 15 is 0 Å². The number of hydrogen-bond donors (Lipinski definition) is 0. The Labute approximate surface area is 167 Å². The molecule has 0 saturated carbocycles. The fourth-order valence-electron chi connectivity index (χ4n) is 3.44. The summed E-state index contributed by atoms with van der Waals surface area (Å²) < 4.78 is 12.3. The number of aromatic nitrogens is 2. The topological polar surface area (TPSA) is 77.6 Å². The molecule has 1 amide bonds. The van der Waals surface area contributed by atoms with Crippen molar-refractivity contribution in [2.24, 2.45) is 0 Å². The van der Waals surface area contributed by atoms with Gasteiger partial charge in [0, 0.05) is 12.4 Å². The summed E-state index contributed by atoms with van der Waals surface area (Å²) in [6, 6.07) is 11.2. The van der Waals surface area contributed by atoms with E-state index in [4.69, 9.17) is 9.15 Å². The van der Waals surface area contributed by atoms with Gasteiger partial charge in [-0.25, -0.2) is 4.79 Å². The van der Waals surface area contributed by atoms with Crippen molar-refractivity contribution in [1.29, 1.82) is 0 Å². The zero-order valence-corrected chi connectivity index (χ0v) is 16.7. The number of nitrogens with zero attached hydrogens (tertiary/aromatic N) is 3. The number of fused-ring (bicyclic) bond motifs is 3. The van der Waals surface area contributed by atoms with E-state index in [0.717, 1.165) is 16.5 Å². The normalized spacial score (nSPS) is 11.2. The second kappa shape index (κ2) is 7.09. The third-order valence-electron chi connectivity index (χ3n) is 5.01. The van der Waals surface area contributed by atoms with Crippen LogP contribution in [-0.2, 0) is 11.3 Å². The summed E-state index contributed by atoms with van der Waals surface area (Å²) in [5.41, 5.74) is 3.31. The molecule has 0 aliphatic carbocycles. The molecule has 0 aliphatic heterocycles. The number of hydrogen-bond acceptors (Lipinski definition) is 5. The van der Waals surface area contributed by atoms with Crippen LogP contribution in [0.1, 0.15) is 11.1 Å². The number of anilines is 1. The van der Waals surface area contributed by atoms with Crippen LogP contribution in [0.2, 0.25) is 0 Å². The van der Waals surface area contributed by atoms with Crippen molar-refractivity contribution in [1.82, 2.24) is 9.78 Å². The Morgan fingerprint density at radius 2 is 1.86 bits per heavy atom. The van der Waals surface area contributed by atoms with E-state index in [1.54, 1.807) is 24.9 Å². The van der Waals surface area contributed by atoms with Gasteiger partial charge in [-0.1, -0.05) is 17.7 Å². The fraction of sp³-hybridized carbons (Fsp3) is 0.227. The Morgan fingerprint density at radius 1 is 1.14 bits per heavy atom. The van der Waals surface area contributed by atoms with Gasteiger partial charge in [0.05, 0.1) is 24.5 Å². The molecule has 0 bridgehead atoms. The molecule has 4 rings (SSSR count). The largest absolute Gasteiger partial charge is 0.495 e. The smallest absolute Gasteiger partial charge is 0.347 e. The fourth-order valence-corrected chi connectivity index (χ4v) is 3.44. The molecular weight excluding hydrogens is 370 g/mol. The Balaban J connectivity index is 1.78. The number of likely N-dealkylation sites (N-methyl/N-ethyl adjacent to an activating group) is 1. The van der Waals surface area contributed by atoms with Gasteiger partial charge in [-0.3, -0.25) is 9.48 Å². The van der Waals surface area contributed by atoms with Crippen LogP contribution in [0.4, 0.5) is 5.69 Å². The molecule has 0 saturated heterocycles. The molecule has 0 spiro atoms. The van der Waals surface area contributed by atoms with Crippen molar-refractivity contribution in [3.8, 4) is 5.75 Å². The number of amides is 1. The Morgan fingerprint density at radius 3 is 2.62 bits per heavy atom. The van der Waals surface area contributed by atoms with Crippen molar-refractivity contribution >= 4 is 33.5 Å². The maximum Gasteiger partial charge on any atom is 0.347 e. The van der Waals surface area contributed by atoms with Gasteiger partial charge >= 0.3 is 5.63 Å². The summed E-state index contributed by atoms with van der Waals surface area (Å²) in [5, 5.41) is 5.39. The number of ether oxygens (including phenoxy) is 1. The molecule has 148 valence electrons. The van der Waals surface area contributed by atoms with Crippen molar-refractivity contribution in [3.05, 3.63) is 64.1 Å². The molecule has 0 atom stereocenters. The van der Waals surface area contributed by atoms with E-state index in [0.29, 0.717) is 27.9 Å². The molecule has 0 unspecified atom stereocenters. The first-order valence-electron chi connectivity index (χ1n) is 9.19. The number of carbonyl (C=O) groups excluding carboxylic acids is 1. The average molecular weight is 391 g/mol. The predicted molar refractivity (Wildman–Crippen MR) is 112 cm³/mol. The van der Waals surface area contributed by atoms with E-state index in [1.807, 2.05) is 44.2 Å². The highest BCUT2D eigenvalue weighted by molar-refractivity contribution is 6.03. The summed E-state index contributed by atoms with van der Waals surface area (Å²) in [7, 11) is 3.27. The van der Waals surface area contributed by atoms with Crippen LogP contribution in [0.25, 0.3) is 21.9 Å². The van der Waals surface area contributed by atoms with E-state index in [1.165, 1.54) is 11.1 Å². The molecule has 0 fully saturated rings. The monoisotopic (exact) mass is 391 g/mol. The Kier molecular flexibility index (Phi) is 4.58. The molecule has 4 aromatic rings. The molecule has 7 heteroatoms. The van der Waals surface area contributed by atoms with Crippen molar-refractivity contribution in [3.63, 3.8) is 0 Å². The molecule has 0 radical (unpaired) electrons. The van der Waals surface area contributed by atoms with E-state index in [-0.39, 0.29) is 12.5 Å². The lowest BCUT2D eigenvalue weighted by Gasteiger charge is -2.21. The summed E-state index contributed by atoms with van der Waals surface area (Å²) in [6.07, 6.45) is 1.45. The van der Waals surface area contributed by atoms with Crippen LogP contribution in [-0.4, -0.2) is 29.8 Å². The summed E-state index contributed by atoms with van der Waals surface area (Å²) in [4.78, 5) is 26.9. The van der Waals surface area contributed by atoms with Crippen LogP contribution in [0.15, 0.2) is 51.8 Å². The van der Waals surface area contributed by atoms with Crippen LogP contribution >= 0.6 is 0 Å². The van der Waals surface area contributed by atoms with Gasteiger partial charge in [0.15, 0.2) is 0 Å². The minimum atomic E-state index is -0.469. The number of rotatable bonds is 4. The number of benzene rings is 2. The first kappa shape index (κ1) is 18.7. The maximum atomic E-state index is 13.0. The second-order valence-corrected chi connectivity index (χ2v) is 7.08. The van der Waals surface area contributed by atoms with Crippen molar-refractivity contribution in [2.45, 2.75) is 20.4 Å². The summed E-state index contributed by atoms with van der Waals surface area (Å²) in [6.45, 7) is 3.89. The third kappa shape index (κ3) is 3.24. The van der Waals surface area contributed by atoms with Gasteiger partial charge < -0.3 is 14.1 Å². The zero-order valence-electron chi connectivity index (χ0n) is 16.7. The highest BCUT2D eigenvalue weighted by Crippen LogP contribution is 2.29. The standard InChI is InChI=1S/C22H21N3O4/c1-13-5-7-18-15(9-13)21-16(22(27)29-18)11-23-25(21)12-20(26)24(3)17-10-14(2)6-8-19(17)28-4/h5-11H,12H2,1-4H3. The van der Waals surface area contributed by atoms with Crippen LogP contribution in [0.5, 0.6) is 5.75 Å². The molecule has 2 heterocycles. The maximum absolute atomic E-state index is 13.0. The van der Waals surface area contributed by atoms with Crippen LogP contribution in [0, 0.1) is 13.8 Å². The Bertz CT molecular complexity index is 1300. The van der Waals surface area contributed by atoms with Gasteiger partial charge in [0.2, 0.25) is 5.91 Å². The van der Waals surface area contributed by atoms with Gasteiger partial charge in [-0.2, -0.15) is 5.10 Å². The molecule has 7 nitrogen and oxygen atoms in total. The predicted octanol–water partition coefficient (Wildman–Crippen LogP) is 3.43. The van der Waals surface area contributed by atoms with E-state index < -0.39 is 5.63 Å². The lowest BCUT2D eigenvalue weighted by molar-refractivity contribution is -0.119. The molecular formula is C22H21N3O4. The molecule has 29 heavy (non-hydrogen) atoms. The number of methoxy groups -OCH3 is 1. The number of carbonyl (C=O) groups is 1. The first-order chi connectivity index (χ1) is 13.9. The lowest BCUT2D eigenvalue weighted by Crippen LogP contribution is -2.30. The van der Waals surface area contributed by atoms with Gasteiger partial charge in [0.25, 0.3) is 0 Å².